The van der Waals surface area contributed by atoms with Gasteiger partial charge in [-0.3, -0.25) is 0 Å². The van der Waals surface area contributed by atoms with Crippen molar-refractivity contribution in [2.45, 2.75) is 20.4 Å². The molecule has 0 saturated heterocycles. The van der Waals surface area contributed by atoms with E-state index in [4.69, 9.17) is 0 Å². The van der Waals surface area contributed by atoms with Crippen LogP contribution in [-0.2, 0) is 16.4 Å². The van der Waals surface area contributed by atoms with Gasteiger partial charge in [0.25, 0.3) is 0 Å². The number of imidazole rings is 1. The van der Waals surface area contributed by atoms with E-state index in [1.165, 1.54) is 0 Å². The molecule has 16 heavy (non-hydrogen) atoms. The van der Waals surface area contributed by atoms with Gasteiger partial charge in [0.05, 0.1) is 5.75 Å². The van der Waals surface area contributed by atoms with Gasteiger partial charge in [-0.1, -0.05) is 6.92 Å². The molecule has 0 radical (unpaired) electrons. The Bertz CT molecular complexity index is 411. The van der Waals surface area contributed by atoms with E-state index >= 15 is 0 Å². The lowest BCUT2D eigenvalue weighted by Crippen LogP contribution is -2.27. The van der Waals surface area contributed by atoms with Crippen LogP contribution >= 0.6 is 0 Å². The first kappa shape index (κ1) is 13.2. The van der Waals surface area contributed by atoms with E-state index in [0.717, 1.165) is 18.9 Å². The topological polar surface area (TPSA) is 64.0 Å². The van der Waals surface area contributed by atoms with Crippen LogP contribution in [0.5, 0.6) is 0 Å². The predicted molar refractivity (Wildman–Crippen MR) is 64.2 cm³/mol. The smallest absolute Gasteiger partial charge is 0.151 e. The summed E-state index contributed by atoms with van der Waals surface area (Å²) in [5.74, 6) is 1.41. The van der Waals surface area contributed by atoms with E-state index in [-0.39, 0.29) is 11.5 Å². The maximum absolute atomic E-state index is 11.2. The van der Waals surface area contributed by atoms with Gasteiger partial charge in [-0.15, -0.1) is 0 Å². The van der Waals surface area contributed by atoms with Crippen molar-refractivity contribution in [1.82, 2.24) is 14.9 Å². The van der Waals surface area contributed by atoms with Gasteiger partial charge in [-0.25, -0.2) is 13.4 Å². The number of rotatable bonds is 7. The highest BCUT2D eigenvalue weighted by Crippen LogP contribution is 1.93. The van der Waals surface area contributed by atoms with Crippen molar-refractivity contribution in [3.63, 3.8) is 0 Å². The first-order valence-corrected chi connectivity index (χ1v) is 7.26. The molecule has 0 saturated carbocycles. The second-order valence-electron chi connectivity index (χ2n) is 3.65. The van der Waals surface area contributed by atoms with Crippen molar-refractivity contribution >= 4 is 9.84 Å². The lowest BCUT2D eigenvalue weighted by atomic mass is 10.5. The van der Waals surface area contributed by atoms with Crippen molar-refractivity contribution < 1.29 is 8.42 Å². The third-order valence-electron chi connectivity index (χ3n) is 2.48. The Morgan fingerprint density at radius 2 is 2.19 bits per heavy atom. The highest BCUT2D eigenvalue weighted by Gasteiger charge is 2.05. The number of nitrogens with zero attached hydrogens (tertiary/aromatic N) is 2. The molecule has 0 spiro atoms. The molecule has 92 valence electrons. The molecule has 0 amide bonds. The highest BCUT2D eigenvalue weighted by molar-refractivity contribution is 7.91. The Hall–Kier alpha value is -0.880. The summed E-state index contributed by atoms with van der Waals surface area (Å²) in [6.07, 6.45) is 3.68. The number of aromatic nitrogens is 2. The fourth-order valence-corrected chi connectivity index (χ4v) is 2.08. The Labute approximate surface area is 96.8 Å². The maximum Gasteiger partial charge on any atom is 0.151 e. The molecule has 0 aromatic carbocycles. The maximum atomic E-state index is 11.2. The summed E-state index contributed by atoms with van der Waals surface area (Å²) in [5, 5.41) is 3.11. The van der Waals surface area contributed by atoms with Crippen molar-refractivity contribution in [2.75, 3.05) is 24.6 Å². The van der Waals surface area contributed by atoms with Crippen molar-refractivity contribution in [3.8, 4) is 0 Å². The molecule has 0 aliphatic rings. The Kier molecular flexibility index (Phi) is 4.95. The van der Waals surface area contributed by atoms with Crippen LogP contribution in [-0.4, -0.2) is 42.6 Å². The molecular weight excluding hydrogens is 226 g/mol. The minimum Gasteiger partial charge on any atom is -0.334 e. The molecule has 0 bridgehead atoms. The number of nitrogens with one attached hydrogen (secondary N) is 1. The summed E-state index contributed by atoms with van der Waals surface area (Å²) in [6, 6.07) is 0. The first-order valence-electron chi connectivity index (χ1n) is 5.44. The zero-order valence-electron chi connectivity index (χ0n) is 9.81. The average Bonchev–Trinajstić information content (AvgIpc) is 2.64. The molecular formula is C10H19N3O2S. The lowest BCUT2D eigenvalue weighted by Gasteiger charge is -2.06. The predicted octanol–water partition coefficient (Wildman–Crippen LogP) is 0.216. The fourth-order valence-electron chi connectivity index (χ4n) is 1.34. The second kappa shape index (κ2) is 6.00. The molecule has 1 N–H and O–H groups in total. The fraction of sp³-hybridized carbons (Fsp3) is 0.700. The Morgan fingerprint density at radius 1 is 1.44 bits per heavy atom. The molecule has 1 aromatic rings. The largest absolute Gasteiger partial charge is 0.334 e. The molecule has 1 heterocycles. The summed E-state index contributed by atoms with van der Waals surface area (Å²) >= 11 is 0. The summed E-state index contributed by atoms with van der Waals surface area (Å²) in [6.45, 7) is 5.71. The van der Waals surface area contributed by atoms with E-state index < -0.39 is 9.84 Å². The first-order chi connectivity index (χ1) is 7.55. The molecule has 0 aliphatic carbocycles. The van der Waals surface area contributed by atoms with Crippen LogP contribution in [0.15, 0.2) is 12.4 Å². The summed E-state index contributed by atoms with van der Waals surface area (Å²) in [5.41, 5.74) is 0. The summed E-state index contributed by atoms with van der Waals surface area (Å²) in [7, 11) is -2.84. The number of hydrogen-bond acceptors (Lipinski definition) is 4. The van der Waals surface area contributed by atoms with Crippen LogP contribution in [0.1, 0.15) is 12.7 Å². The van der Waals surface area contributed by atoms with Gasteiger partial charge >= 0.3 is 0 Å². The molecule has 0 unspecified atom stereocenters. The van der Waals surface area contributed by atoms with Crippen LogP contribution in [0.2, 0.25) is 0 Å². The molecule has 6 heteroatoms. The van der Waals surface area contributed by atoms with Crippen molar-refractivity contribution in [3.05, 3.63) is 18.2 Å². The summed E-state index contributed by atoms with van der Waals surface area (Å²) in [4.78, 5) is 4.11. The van der Waals surface area contributed by atoms with E-state index in [1.54, 1.807) is 13.1 Å². The van der Waals surface area contributed by atoms with Gasteiger partial charge in [0.2, 0.25) is 0 Å². The minimum absolute atomic E-state index is 0.215. The molecule has 0 fully saturated rings. The van der Waals surface area contributed by atoms with Crippen LogP contribution in [0.4, 0.5) is 0 Å². The molecule has 0 atom stereocenters. The number of sulfone groups is 1. The van der Waals surface area contributed by atoms with Gasteiger partial charge in [0.1, 0.15) is 5.82 Å². The van der Waals surface area contributed by atoms with Gasteiger partial charge in [-0.2, -0.15) is 0 Å². The average molecular weight is 245 g/mol. The van der Waals surface area contributed by atoms with E-state index in [9.17, 15) is 8.42 Å². The molecule has 0 aliphatic heterocycles. The van der Waals surface area contributed by atoms with Gasteiger partial charge in [0.15, 0.2) is 9.84 Å². The van der Waals surface area contributed by atoms with Crippen molar-refractivity contribution in [1.29, 1.82) is 0 Å². The standard InChI is InChI=1S/C10H19N3O2S/c1-3-16(14,15)9-6-11-4-7-13-8-5-12-10(13)2/h5,8,11H,3-4,6-7,9H2,1-2H3. The minimum atomic E-state index is -2.84. The van der Waals surface area contributed by atoms with Crippen molar-refractivity contribution in [2.24, 2.45) is 0 Å². The zero-order valence-corrected chi connectivity index (χ0v) is 10.6. The van der Waals surface area contributed by atoms with E-state index in [2.05, 4.69) is 10.3 Å². The molecule has 1 rings (SSSR count). The van der Waals surface area contributed by atoms with Crippen LogP contribution in [0.25, 0.3) is 0 Å². The highest BCUT2D eigenvalue weighted by atomic mass is 32.2. The van der Waals surface area contributed by atoms with Gasteiger partial charge in [-0.05, 0) is 6.92 Å². The van der Waals surface area contributed by atoms with E-state index in [0.29, 0.717) is 6.54 Å². The van der Waals surface area contributed by atoms with E-state index in [1.807, 2.05) is 17.7 Å². The normalized spacial score (nSPS) is 11.9. The molecule has 5 nitrogen and oxygen atoms in total. The quantitative estimate of drug-likeness (QED) is 0.698. The zero-order chi connectivity index (χ0) is 12.0. The van der Waals surface area contributed by atoms with Crippen LogP contribution < -0.4 is 5.32 Å². The summed E-state index contributed by atoms with van der Waals surface area (Å²) < 4.78 is 24.4. The number of hydrogen-bond donors (Lipinski definition) is 1. The van der Waals surface area contributed by atoms with Crippen LogP contribution in [0, 0.1) is 6.92 Å². The third-order valence-corrected chi connectivity index (χ3v) is 4.19. The Morgan fingerprint density at radius 3 is 2.75 bits per heavy atom. The Balaban J connectivity index is 2.16. The second-order valence-corrected chi connectivity index (χ2v) is 6.13. The lowest BCUT2D eigenvalue weighted by molar-refractivity contribution is 0.579. The molecule has 1 aromatic heterocycles. The van der Waals surface area contributed by atoms with Gasteiger partial charge in [0, 0.05) is 37.8 Å². The SMILES string of the molecule is CCS(=O)(=O)CCNCCn1ccnc1C. The third kappa shape index (κ3) is 4.32. The van der Waals surface area contributed by atoms with Crippen LogP contribution in [0.3, 0.4) is 0 Å². The monoisotopic (exact) mass is 245 g/mol. The number of aryl methyl sites for hydroxylation is 1. The van der Waals surface area contributed by atoms with Gasteiger partial charge < -0.3 is 9.88 Å².